The second-order valence-electron chi connectivity index (χ2n) is 3.15. The number of unbranched alkanes of at least 4 members (excludes halogenated alkanes) is 1. The molecule has 0 saturated heterocycles. The van der Waals surface area contributed by atoms with E-state index >= 15 is 0 Å². The summed E-state index contributed by atoms with van der Waals surface area (Å²) in [5.41, 5.74) is 5.23. The predicted octanol–water partition coefficient (Wildman–Crippen LogP) is 0.388. The predicted molar refractivity (Wildman–Crippen MR) is 57.4 cm³/mol. The fourth-order valence-electron chi connectivity index (χ4n) is 0.828. The van der Waals surface area contributed by atoms with Gasteiger partial charge >= 0.3 is 7.60 Å². The average molecular weight is 243 g/mol. The third-order valence-corrected chi connectivity index (χ3v) is 4.36. The molecule has 5 nitrogen and oxygen atoms in total. The summed E-state index contributed by atoms with van der Waals surface area (Å²) in [6, 6.07) is 0. The highest BCUT2D eigenvalue weighted by molar-refractivity contribution is 7.84. The molecule has 0 radical (unpaired) electrons. The Balaban J connectivity index is 3.72. The van der Waals surface area contributed by atoms with E-state index in [0.29, 0.717) is 5.75 Å². The lowest BCUT2D eigenvalue weighted by Gasteiger charge is -2.12. The first kappa shape index (κ1) is 14.3. The summed E-state index contributed by atoms with van der Waals surface area (Å²) >= 11 is 0. The number of hydrogen-bond donors (Lipinski definition) is 3. The van der Waals surface area contributed by atoms with Crippen LogP contribution in [0.2, 0.25) is 0 Å². The van der Waals surface area contributed by atoms with Gasteiger partial charge in [-0.1, -0.05) is 13.3 Å². The van der Waals surface area contributed by atoms with Gasteiger partial charge in [0.1, 0.15) is 5.78 Å². The van der Waals surface area contributed by atoms with Gasteiger partial charge in [-0.05, 0) is 12.8 Å². The van der Waals surface area contributed by atoms with Crippen molar-refractivity contribution in [2.24, 2.45) is 5.73 Å². The first-order chi connectivity index (χ1) is 6.38. The van der Waals surface area contributed by atoms with Crippen LogP contribution in [0.5, 0.6) is 0 Å². The zero-order valence-electron chi connectivity index (χ0n) is 8.26. The first-order valence-corrected chi connectivity index (χ1v) is 7.70. The maximum atomic E-state index is 11.2. The van der Waals surface area contributed by atoms with Gasteiger partial charge in [0.2, 0.25) is 0 Å². The summed E-state index contributed by atoms with van der Waals surface area (Å²) in [6.45, 7) is 2.00. The van der Waals surface area contributed by atoms with Gasteiger partial charge in [-0.15, -0.1) is 0 Å². The maximum Gasteiger partial charge on any atom is 0.342 e. The van der Waals surface area contributed by atoms with Crippen LogP contribution in [0.4, 0.5) is 0 Å². The summed E-state index contributed by atoms with van der Waals surface area (Å²) in [5.74, 6) is -0.315. The van der Waals surface area contributed by atoms with Crippen LogP contribution in [-0.2, 0) is 15.4 Å². The van der Waals surface area contributed by atoms with Crippen LogP contribution in [0.25, 0.3) is 0 Å². The lowest BCUT2D eigenvalue weighted by Crippen LogP contribution is -2.22. The molecule has 0 fully saturated rings. The normalized spacial score (nSPS) is 16.6. The molecule has 0 heterocycles. The Morgan fingerprint density at radius 2 is 2.00 bits per heavy atom. The van der Waals surface area contributed by atoms with Gasteiger partial charge in [0.05, 0.1) is 0 Å². The van der Waals surface area contributed by atoms with Crippen molar-refractivity contribution in [3.63, 3.8) is 0 Å². The molecule has 0 amide bonds. The van der Waals surface area contributed by atoms with E-state index < -0.39 is 24.2 Å². The van der Waals surface area contributed by atoms with E-state index in [4.69, 9.17) is 15.5 Å². The fraction of sp³-hybridized carbons (Fsp3) is 1.00. The molecule has 0 aliphatic heterocycles. The molecule has 0 aromatic carbocycles. The van der Waals surface area contributed by atoms with Crippen LogP contribution in [-0.4, -0.2) is 31.3 Å². The van der Waals surface area contributed by atoms with Crippen molar-refractivity contribution in [3.8, 4) is 0 Å². The second kappa shape index (κ2) is 6.69. The minimum Gasteiger partial charge on any atom is -0.323 e. The zero-order valence-corrected chi connectivity index (χ0v) is 9.97. The summed E-state index contributed by atoms with van der Waals surface area (Å²) in [4.78, 5) is 17.3. The molecule has 0 bridgehead atoms. The SMILES string of the molecule is CCCC[S@](=O)CC[C@@H](N)P(=O)(O)O. The van der Waals surface area contributed by atoms with Crippen LogP contribution in [0.3, 0.4) is 0 Å². The standard InChI is InChI=1S/C7H18NO4PS/c1-2-3-5-14(12)6-4-7(8)13(9,10)11/h7H,2-6,8H2,1H3,(H2,9,10,11)/t7-,14-/m0/s1. The van der Waals surface area contributed by atoms with Crippen molar-refractivity contribution in [1.82, 2.24) is 0 Å². The van der Waals surface area contributed by atoms with Crippen LogP contribution in [0, 0.1) is 0 Å². The Labute approximate surface area is 86.7 Å². The average Bonchev–Trinajstić information content (AvgIpc) is 2.09. The largest absolute Gasteiger partial charge is 0.342 e. The molecule has 0 spiro atoms. The number of nitrogens with two attached hydrogens (primary N) is 1. The summed E-state index contributed by atoms with van der Waals surface area (Å²) in [6.07, 6.45) is 1.95. The van der Waals surface area contributed by atoms with Gasteiger partial charge < -0.3 is 15.5 Å². The molecule has 0 aliphatic carbocycles. The van der Waals surface area contributed by atoms with Gasteiger partial charge in [-0.2, -0.15) is 0 Å². The molecular formula is C7H18NO4PS. The van der Waals surface area contributed by atoms with Crippen LogP contribution in [0.15, 0.2) is 0 Å². The van der Waals surface area contributed by atoms with E-state index in [2.05, 4.69) is 0 Å². The Kier molecular flexibility index (Phi) is 6.81. The monoisotopic (exact) mass is 243 g/mol. The molecule has 0 aromatic heterocycles. The van der Waals surface area contributed by atoms with E-state index in [9.17, 15) is 8.77 Å². The van der Waals surface area contributed by atoms with E-state index in [1.165, 1.54) is 0 Å². The van der Waals surface area contributed by atoms with E-state index in [0.717, 1.165) is 12.8 Å². The van der Waals surface area contributed by atoms with Crippen molar-refractivity contribution in [1.29, 1.82) is 0 Å². The van der Waals surface area contributed by atoms with Crippen LogP contribution >= 0.6 is 7.60 Å². The summed E-state index contributed by atoms with van der Waals surface area (Å²) < 4.78 is 21.9. The Morgan fingerprint density at radius 1 is 1.43 bits per heavy atom. The zero-order chi connectivity index (χ0) is 11.2. The van der Waals surface area contributed by atoms with Gasteiger partial charge in [-0.3, -0.25) is 8.77 Å². The maximum absolute atomic E-state index is 11.2. The third-order valence-electron chi connectivity index (χ3n) is 1.80. The second-order valence-corrected chi connectivity index (χ2v) is 6.68. The van der Waals surface area contributed by atoms with Crippen molar-refractivity contribution >= 4 is 18.4 Å². The van der Waals surface area contributed by atoms with Crippen molar-refractivity contribution < 1.29 is 18.6 Å². The molecule has 7 heteroatoms. The van der Waals surface area contributed by atoms with E-state index in [-0.39, 0.29) is 12.2 Å². The van der Waals surface area contributed by atoms with Gasteiger partial charge in [0.25, 0.3) is 0 Å². The van der Waals surface area contributed by atoms with Crippen molar-refractivity contribution in [2.75, 3.05) is 11.5 Å². The minimum atomic E-state index is -4.20. The van der Waals surface area contributed by atoms with Gasteiger partial charge in [-0.25, -0.2) is 0 Å². The topological polar surface area (TPSA) is 101 Å². The molecule has 86 valence electrons. The minimum absolute atomic E-state index is 0.112. The van der Waals surface area contributed by atoms with Crippen LogP contribution < -0.4 is 5.73 Å². The first-order valence-electron chi connectivity index (χ1n) is 4.53. The highest BCUT2D eigenvalue weighted by atomic mass is 32.2. The van der Waals surface area contributed by atoms with Crippen molar-refractivity contribution in [2.45, 2.75) is 32.0 Å². The third kappa shape index (κ3) is 6.68. The van der Waals surface area contributed by atoms with Crippen LogP contribution in [0.1, 0.15) is 26.2 Å². The highest BCUT2D eigenvalue weighted by Crippen LogP contribution is 2.39. The molecule has 0 aromatic rings. The Bertz CT molecular complexity index is 230. The molecule has 14 heavy (non-hydrogen) atoms. The summed E-state index contributed by atoms with van der Waals surface area (Å²) in [5, 5.41) is 0. The molecule has 0 rings (SSSR count). The number of rotatable bonds is 7. The lowest BCUT2D eigenvalue weighted by molar-refractivity contribution is 0.357. The van der Waals surface area contributed by atoms with E-state index in [1.807, 2.05) is 6.92 Å². The smallest absolute Gasteiger partial charge is 0.323 e. The molecule has 0 saturated carbocycles. The number of hydrogen-bond acceptors (Lipinski definition) is 3. The molecule has 0 unspecified atom stereocenters. The Hall–Kier alpha value is 0.260. The molecule has 4 N–H and O–H groups in total. The fourth-order valence-corrected chi connectivity index (χ4v) is 2.80. The summed E-state index contributed by atoms with van der Waals surface area (Å²) in [7, 11) is -5.19. The van der Waals surface area contributed by atoms with E-state index in [1.54, 1.807) is 0 Å². The molecule has 0 aliphatic rings. The van der Waals surface area contributed by atoms with Gasteiger partial charge in [0, 0.05) is 22.3 Å². The Morgan fingerprint density at radius 3 is 2.43 bits per heavy atom. The van der Waals surface area contributed by atoms with Crippen molar-refractivity contribution in [3.05, 3.63) is 0 Å². The highest BCUT2D eigenvalue weighted by Gasteiger charge is 2.24. The molecular weight excluding hydrogens is 225 g/mol. The van der Waals surface area contributed by atoms with Gasteiger partial charge in [0.15, 0.2) is 0 Å². The molecule has 2 atom stereocenters. The quantitative estimate of drug-likeness (QED) is 0.561. The lowest BCUT2D eigenvalue weighted by atomic mass is 10.4.